The first-order chi connectivity index (χ1) is 9.45. The Morgan fingerprint density at radius 3 is 2.30 bits per heavy atom. The van der Waals surface area contributed by atoms with E-state index in [1.807, 2.05) is 25.1 Å². The van der Waals surface area contributed by atoms with E-state index in [1.54, 1.807) is 7.11 Å². The minimum Gasteiger partial charge on any atom is -0.497 e. The molecule has 4 heteroatoms. The summed E-state index contributed by atoms with van der Waals surface area (Å²) in [5.41, 5.74) is 0.230. The molecule has 0 aliphatic carbocycles. The largest absolute Gasteiger partial charge is 0.497 e. The molecular weight excluding hydrogens is 268 g/mol. The number of rotatable bonds is 6. The van der Waals surface area contributed by atoms with Crippen LogP contribution in [0.25, 0.3) is 0 Å². The molecular formula is C16H24O3Si. The third-order valence-electron chi connectivity index (χ3n) is 3.80. The van der Waals surface area contributed by atoms with E-state index in [-0.39, 0.29) is 11.5 Å². The van der Waals surface area contributed by atoms with E-state index in [0.29, 0.717) is 6.42 Å². The number of ether oxygens (including phenoxy) is 2. The van der Waals surface area contributed by atoms with Crippen LogP contribution in [0.3, 0.4) is 0 Å². The maximum absolute atomic E-state index is 11.6. The molecule has 20 heavy (non-hydrogen) atoms. The highest BCUT2D eigenvalue weighted by Crippen LogP contribution is 2.28. The number of carbonyl (C=O) groups is 1. The summed E-state index contributed by atoms with van der Waals surface area (Å²) < 4.78 is 10.0. The van der Waals surface area contributed by atoms with Gasteiger partial charge in [-0.2, -0.15) is 0 Å². The van der Waals surface area contributed by atoms with Crippen LogP contribution in [0.4, 0.5) is 0 Å². The summed E-state index contributed by atoms with van der Waals surface area (Å²) in [5.74, 6) is 0.705. The second-order valence-electron chi connectivity index (χ2n) is 5.36. The van der Waals surface area contributed by atoms with Crippen LogP contribution in [-0.4, -0.2) is 28.3 Å². The van der Waals surface area contributed by atoms with Crippen molar-refractivity contribution in [1.29, 1.82) is 0 Å². The van der Waals surface area contributed by atoms with Crippen LogP contribution in [0.15, 0.2) is 36.4 Å². The van der Waals surface area contributed by atoms with E-state index in [1.165, 1.54) is 12.3 Å². The smallest absolute Gasteiger partial charge is 0.305 e. The Bertz CT molecular complexity index is 463. The van der Waals surface area contributed by atoms with E-state index in [9.17, 15) is 4.79 Å². The zero-order chi connectivity index (χ0) is 15.2. The van der Waals surface area contributed by atoms with Gasteiger partial charge in [-0.1, -0.05) is 42.6 Å². The van der Waals surface area contributed by atoms with Crippen LogP contribution in [-0.2, 0) is 9.53 Å². The van der Waals surface area contributed by atoms with E-state index in [4.69, 9.17) is 9.47 Å². The molecule has 0 fully saturated rings. The highest BCUT2D eigenvalue weighted by Gasteiger charge is 2.33. The van der Waals surface area contributed by atoms with Crippen molar-refractivity contribution in [2.24, 2.45) is 0 Å². The normalized spacial score (nSPS) is 13.2. The van der Waals surface area contributed by atoms with Gasteiger partial charge < -0.3 is 9.47 Å². The van der Waals surface area contributed by atoms with Gasteiger partial charge in [0.05, 0.1) is 22.3 Å². The topological polar surface area (TPSA) is 35.5 Å². The SMILES string of the molecule is C/C=C/[C@H](CC(=O)OC)[Si](C)(C)c1ccc(OC)cc1. The lowest BCUT2D eigenvalue weighted by Gasteiger charge is -2.30. The molecule has 110 valence electrons. The maximum Gasteiger partial charge on any atom is 0.305 e. The summed E-state index contributed by atoms with van der Waals surface area (Å²) in [6, 6.07) is 8.18. The van der Waals surface area contributed by atoms with Crippen LogP contribution < -0.4 is 9.92 Å². The van der Waals surface area contributed by atoms with Crippen LogP contribution in [0, 0.1) is 0 Å². The minimum absolute atomic E-state index is 0.151. The highest BCUT2D eigenvalue weighted by molar-refractivity contribution is 6.91. The Hall–Kier alpha value is -1.55. The van der Waals surface area contributed by atoms with Crippen LogP contribution in [0.1, 0.15) is 13.3 Å². The van der Waals surface area contributed by atoms with Crippen molar-refractivity contribution < 1.29 is 14.3 Å². The van der Waals surface area contributed by atoms with Crippen LogP contribution in [0.2, 0.25) is 18.6 Å². The lowest BCUT2D eigenvalue weighted by molar-refractivity contribution is -0.140. The molecule has 0 bridgehead atoms. The number of allylic oxidation sites excluding steroid dienone is 2. The van der Waals surface area contributed by atoms with Crippen molar-refractivity contribution >= 4 is 19.2 Å². The molecule has 0 aromatic heterocycles. The first kappa shape index (κ1) is 16.5. The number of hydrogen-bond acceptors (Lipinski definition) is 3. The van der Waals surface area contributed by atoms with Gasteiger partial charge in [-0.05, 0) is 24.6 Å². The van der Waals surface area contributed by atoms with Crippen molar-refractivity contribution in [1.82, 2.24) is 0 Å². The minimum atomic E-state index is -1.79. The molecule has 0 saturated heterocycles. The van der Waals surface area contributed by atoms with Crippen molar-refractivity contribution in [3.05, 3.63) is 36.4 Å². The van der Waals surface area contributed by atoms with Gasteiger partial charge in [-0.15, -0.1) is 0 Å². The zero-order valence-electron chi connectivity index (χ0n) is 13.0. The number of methoxy groups -OCH3 is 2. The van der Waals surface area contributed by atoms with Crippen molar-refractivity contribution in [2.45, 2.75) is 32.0 Å². The van der Waals surface area contributed by atoms with Crippen molar-refractivity contribution in [2.75, 3.05) is 14.2 Å². The molecule has 0 spiro atoms. The van der Waals surface area contributed by atoms with Gasteiger partial charge in [0.15, 0.2) is 0 Å². The fourth-order valence-corrected chi connectivity index (χ4v) is 5.10. The quantitative estimate of drug-likeness (QED) is 0.459. The first-order valence-corrected chi connectivity index (χ1v) is 9.87. The molecule has 0 N–H and O–H groups in total. The molecule has 0 unspecified atom stereocenters. The summed E-state index contributed by atoms with van der Waals surface area (Å²) in [5, 5.41) is 1.31. The van der Waals surface area contributed by atoms with Gasteiger partial charge >= 0.3 is 5.97 Å². The molecule has 0 aliphatic heterocycles. The predicted molar refractivity (Wildman–Crippen MR) is 85.3 cm³/mol. The molecule has 1 aromatic rings. The average Bonchev–Trinajstić information content (AvgIpc) is 2.46. The number of carbonyl (C=O) groups excluding carboxylic acids is 1. The Morgan fingerprint density at radius 1 is 1.25 bits per heavy atom. The van der Waals surface area contributed by atoms with Gasteiger partial charge in [0.25, 0.3) is 0 Å². The standard InChI is InChI=1S/C16H24O3Si/c1-6-7-15(12-16(17)19-3)20(4,5)14-10-8-13(18-2)9-11-14/h6-11,15H,12H2,1-5H3/b7-6+/t15-/m1/s1. The molecule has 1 atom stereocenters. The molecule has 0 radical (unpaired) electrons. The predicted octanol–water partition coefficient (Wildman–Crippen LogP) is 3.12. The van der Waals surface area contributed by atoms with E-state index in [0.717, 1.165) is 5.75 Å². The van der Waals surface area contributed by atoms with Gasteiger partial charge in [0.2, 0.25) is 0 Å². The number of esters is 1. The summed E-state index contributed by atoms with van der Waals surface area (Å²) in [6.07, 6.45) is 4.59. The second-order valence-corrected chi connectivity index (χ2v) is 10.1. The summed E-state index contributed by atoms with van der Waals surface area (Å²) in [6.45, 7) is 6.55. The Labute approximate surface area is 122 Å². The van der Waals surface area contributed by atoms with Gasteiger partial charge in [-0.25, -0.2) is 0 Å². The van der Waals surface area contributed by atoms with Gasteiger partial charge in [0.1, 0.15) is 5.75 Å². The fourth-order valence-electron chi connectivity index (χ4n) is 2.29. The maximum atomic E-state index is 11.6. The summed E-state index contributed by atoms with van der Waals surface area (Å²) in [7, 11) is 1.32. The molecule has 0 aliphatic rings. The first-order valence-electron chi connectivity index (χ1n) is 6.79. The Kier molecular flexibility index (Phi) is 6.01. The van der Waals surface area contributed by atoms with Crippen LogP contribution >= 0.6 is 0 Å². The lowest BCUT2D eigenvalue weighted by atomic mass is 10.3. The van der Waals surface area contributed by atoms with Crippen molar-refractivity contribution in [3.63, 3.8) is 0 Å². The number of benzene rings is 1. The third-order valence-corrected chi connectivity index (χ3v) is 7.87. The van der Waals surface area contributed by atoms with E-state index < -0.39 is 8.07 Å². The van der Waals surface area contributed by atoms with E-state index in [2.05, 4.69) is 31.3 Å². The molecule has 1 rings (SSSR count). The monoisotopic (exact) mass is 292 g/mol. The third kappa shape index (κ3) is 3.97. The lowest BCUT2D eigenvalue weighted by Crippen LogP contribution is -2.46. The number of hydrogen-bond donors (Lipinski definition) is 0. The van der Waals surface area contributed by atoms with E-state index >= 15 is 0 Å². The van der Waals surface area contributed by atoms with Gasteiger partial charge in [-0.3, -0.25) is 4.79 Å². The van der Waals surface area contributed by atoms with Crippen LogP contribution in [0.5, 0.6) is 5.75 Å². The summed E-state index contributed by atoms with van der Waals surface area (Å²) in [4.78, 5) is 11.6. The second kappa shape index (κ2) is 7.29. The molecule has 3 nitrogen and oxygen atoms in total. The van der Waals surface area contributed by atoms with Crippen molar-refractivity contribution in [3.8, 4) is 5.75 Å². The highest BCUT2D eigenvalue weighted by atomic mass is 28.3. The molecule has 1 aromatic carbocycles. The average molecular weight is 292 g/mol. The Balaban J connectivity index is 3.04. The zero-order valence-corrected chi connectivity index (χ0v) is 14.0. The Morgan fingerprint density at radius 2 is 1.85 bits per heavy atom. The van der Waals surface area contributed by atoms with Gasteiger partial charge in [0, 0.05) is 6.42 Å². The summed E-state index contributed by atoms with van der Waals surface area (Å²) >= 11 is 0. The molecule has 0 saturated carbocycles. The fraction of sp³-hybridized carbons (Fsp3) is 0.438. The molecule has 0 amide bonds. The molecule has 0 heterocycles.